The number of aryl methyl sites for hydroxylation is 2. The fourth-order valence-corrected chi connectivity index (χ4v) is 4.37. The van der Waals surface area contributed by atoms with Crippen molar-refractivity contribution in [3.8, 4) is 0 Å². The van der Waals surface area contributed by atoms with Gasteiger partial charge in [0, 0.05) is 37.1 Å². The van der Waals surface area contributed by atoms with Gasteiger partial charge in [0.15, 0.2) is 5.69 Å². The molecule has 7 heteroatoms. The number of amides is 1. The second-order valence-electron chi connectivity index (χ2n) is 8.03. The van der Waals surface area contributed by atoms with E-state index in [4.69, 9.17) is 0 Å². The molecular formula is C20H30N6O. The van der Waals surface area contributed by atoms with Gasteiger partial charge in [-0.3, -0.25) is 14.6 Å². The number of unbranched alkanes of at least 4 members (excludes halogenated alkanes) is 1. The average Bonchev–Trinajstić information content (AvgIpc) is 3.33. The highest BCUT2D eigenvalue weighted by atomic mass is 16.2. The minimum Gasteiger partial charge on any atom is -0.337 e. The summed E-state index contributed by atoms with van der Waals surface area (Å²) < 4.78 is 1.96. The van der Waals surface area contributed by atoms with Crippen LogP contribution in [0.15, 0.2) is 6.20 Å². The van der Waals surface area contributed by atoms with Gasteiger partial charge in [-0.15, -0.1) is 5.10 Å². The van der Waals surface area contributed by atoms with E-state index in [1.165, 1.54) is 18.5 Å². The van der Waals surface area contributed by atoms with Gasteiger partial charge in [0.05, 0.1) is 5.69 Å². The van der Waals surface area contributed by atoms with E-state index in [9.17, 15) is 4.79 Å². The largest absolute Gasteiger partial charge is 0.337 e. The zero-order valence-corrected chi connectivity index (χ0v) is 16.3. The number of hydrogen-bond acceptors (Lipinski definition) is 4. The van der Waals surface area contributed by atoms with Gasteiger partial charge in [-0.25, -0.2) is 0 Å². The molecule has 3 heterocycles. The third-order valence-electron chi connectivity index (χ3n) is 5.88. The van der Waals surface area contributed by atoms with E-state index in [1.807, 2.05) is 9.58 Å². The number of nitrogens with one attached hydrogen (secondary N) is 1. The molecular weight excluding hydrogens is 340 g/mol. The quantitative estimate of drug-likeness (QED) is 0.848. The second kappa shape index (κ2) is 8.23. The summed E-state index contributed by atoms with van der Waals surface area (Å²) in [6, 6.07) is 0. The molecule has 0 saturated carbocycles. The Morgan fingerprint density at radius 3 is 3.07 bits per heavy atom. The van der Waals surface area contributed by atoms with Crippen LogP contribution in [0.5, 0.6) is 0 Å². The van der Waals surface area contributed by atoms with Crippen molar-refractivity contribution >= 4 is 5.91 Å². The third-order valence-corrected chi connectivity index (χ3v) is 5.88. The molecule has 0 radical (unpaired) electrons. The van der Waals surface area contributed by atoms with Crippen molar-refractivity contribution in [2.24, 2.45) is 5.92 Å². The molecule has 0 unspecified atom stereocenters. The minimum absolute atomic E-state index is 0.0984. The lowest BCUT2D eigenvalue weighted by Crippen LogP contribution is -2.41. The normalized spacial score (nSPS) is 19.9. The molecule has 1 amide bonds. The number of H-pyrrole nitrogens is 1. The van der Waals surface area contributed by atoms with Crippen LogP contribution in [0.4, 0.5) is 0 Å². The van der Waals surface area contributed by atoms with Crippen molar-refractivity contribution < 1.29 is 4.79 Å². The molecule has 7 nitrogen and oxygen atoms in total. The molecule has 1 saturated heterocycles. The van der Waals surface area contributed by atoms with E-state index in [0.717, 1.165) is 75.8 Å². The first-order chi connectivity index (χ1) is 13.2. The number of fused-ring (bicyclic) bond motifs is 1. The topological polar surface area (TPSA) is 79.7 Å². The first-order valence-corrected chi connectivity index (χ1v) is 10.5. The summed E-state index contributed by atoms with van der Waals surface area (Å²) in [5.74, 6) is 0.527. The smallest absolute Gasteiger partial charge is 0.274 e. The van der Waals surface area contributed by atoms with Crippen LogP contribution in [0.1, 0.15) is 72.9 Å². The van der Waals surface area contributed by atoms with Crippen molar-refractivity contribution in [1.29, 1.82) is 0 Å². The lowest BCUT2D eigenvalue weighted by molar-refractivity contribution is 0.0652. The first kappa shape index (κ1) is 18.2. The van der Waals surface area contributed by atoms with Gasteiger partial charge < -0.3 is 4.90 Å². The number of hydrogen-bond donors (Lipinski definition) is 1. The zero-order valence-electron chi connectivity index (χ0n) is 16.3. The van der Waals surface area contributed by atoms with E-state index in [1.54, 1.807) is 0 Å². The van der Waals surface area contributed by atoms with E-state index >= 15 is 0 Å². The summed E-state index contributed by atoms with van der Waals surface area (Å²) in [5.41, 5.74) is 4.06. The van der Waals surface area contributed by atoms with Crippen molar-refractivity contribution in [2.45, 2.75) is 71.3 Å². The summed E-state index contributed by atoms with van der Waals surface area (Å²) in [6.45, 7) is 4.64. The summed E-state index contributed by atoms with van der Waals surface area (Å²) in [6.07, 6.45) is 11.9. The Balaban J connectivity index is 1.38. The van der Waals surface area contributed by atoms with Crippen LogP contribution in [-0.4, -0.2) is 49.1 Å². The van der Waals surface area contributed by atoms with Crippen LogP contribution in [0.2, 0.25) is 0 Å². The van der Waals surface area contributed by atoms with E-state index in [-0.39, 0.29) is 5.91 Å². The van der Waals surface area contributed by atoms with E-state index < -0.39 is 0 Å². The van der Waals surface area contributed by atoms with Gasteiger partial charge in [0.1, 0.15) is 0 Å². The van der Waals surface area contributed by atoms with Gasteiger partial charge >= 0.3 is 0 Å². The number of piperidine rings is 1. The van der Waals surface area contributed by atoms with Gasteiger partial charge in [-0.2, -0.15) is 5.10 Å². The lowest BCUT2D eigenvalue weighted by atomic mass is 9.94. The number of carbonyl (C=O) groups excluding carboxylic acids is 1. The molecule has 0 aromatic carbocycles. The predicted octanol–water partition coefficient (Wildman–Crippen LogP) is 2.78. The summed E-state index contributed by atoms with van der Waals surface area (Å²) in [5, 5.41) is 16.0. The molecule has 146 valence electrons. The van der Waals surface area contributed by atoms with Crippen molar-refractivity contribution in [3.63, 3.8) is 0 Å². The Kier molecular flexibility index (Phi) is 5.55. The van der Waals surface area contributed by atoms with E-state index in [0.29, 0.717) is 11.6 Å². The molecule has 0 spiro atoms. The molecule has 27 heavy (non-hydrogen) atoms. The highest BCUT2D eigenvalue weighted by molar-refractivity contribution is 5.94. The number of aromatic amines is 1. The SMILES string of the molecule is CCCCc1cn(C[C@H]2CCCN(C(=O)c3n[nH]c4c3CCCC4)C2)nn1. The molecule has 2 aliphatic rings. The Hall–Kier alpha value is -2.18. The van der Waals surface area contributed by atoms with Crippen LogP contribution in [0, 0.1) is 5.92 Å². The second-order valence-corrected chi connectivity index (χ2v) is 8.03. The fraction of sp³-hybridized carbons (Fsp3) is 0.700. The van der Waals surface area contributed by atoms with Crippen molar-refractivity contribution in [1.82, 2.24) is 30.1 Å². The number of rotatable bonds is 6. The van der Waals surface area contributed by atoms with Crippen molar-refractivity contribution in [2.75, 3.05) is 13.1 Å². The van der Waals surface area contributed by atoms with Gasteiger partial charge in [-0.05, 0) is 57.3 Å². The number of nitrogens with zero attached hydrogens (tertiary/aromatic N) is 5. The molecule has 2 aromatic rings. The summed E-state index contributed by atoms with van der Waals surface area (Å²) >= 11 is 0. The van der Waals surface area contributed by atoms with E-state index in [2.05, 4.69) is 33.6 Å². The summed E-state index contributed by atoms with van der Waals surface area (Å²) in [7, 11) is 0. The molecule has 1 atom stereocenters. The monoisotopic (exact) mass is 370 g/mol. The standard InChI is InChI=1S/C20H30N6O/c1-2-3-8-16-14-26(24-21-16)13-15-7-6-11-25(12-15)20(27)19-17-9-4-5-10-18(17)22-23-19/h14-15H,2-13H2,1H3,(H,22,23)/t15-/m0/s1. The third kappa shape index (κ3) is 4.06. The molecule has 0 bridgehead atoms. The zero-order chi connectivity index (χ0) is 18.6. The number of likely N-dealkylation sites (tertiary alicyclic amines) is 1. The van der Waals surface area contributed by atoms with Gasteiger partial charge in [0.2, 0.25) is 0 Å². The number of carbonyl (C=O) groups is 1. The van der Waals surface area contributed by atoms with Gasteiger partial charge in [0.25, 0.3) is 5.91 Å². The molecule has 1 aliphatic carbocycles. The molecule has 2 aromatic heterocycles. The predicted molar refractivity (Wildman–Crippen MR) is 102 cm³/mol. The minimum atomic E-state index is 0.0984. The van der Waals surface area contributed by atoms with Crippen LogP contribution >= 0.6 is 0 Å². The highest BCUT2D eigenvalue weighted by Gasteiger charge is 2.29. The van der Waals surface area contributed by atoms with Crippen LogP contribution < -0.4 is 0 Å². The van der Waals surface area contributed by atoms with Crippen molar-refractivity contribution in [3.05, 3.63) is 28.8 Å². The Bertz CT molecular complexity index is 779. The van der Waals surface area contributed by atoms with Crippen LogP contribution in [0.25, 0.3) is 0 Å². The number of aromatic nitrogens is 5. The van der Waals surface area contributed by atoms with Crippen LogP contribution in [0.3, 0.4) is 0 Å². The molecule has 1 aliphatic heterocycles. The maximum Gasteiger partial charge on any atom is 0.274 e. The maximum absolute atomic E-state index is 13.1. The van der Waals surface area contributed by atoms with Gasteiger partial charge in [-0.1, -0.05) is 18.6 Å². The summed E-state index contributed by atoms with van der Waals surface area (Å²) in [4.78, 5) is 15.1. The maximum atomic E-state index is 13.1. The Morgan fingerprint density at radius 2 is 2.19 bits per heavy atom. The Morgan fingerprint density at radius 1 is 1.30 bits per heavy atom. The Labute approximate surface area is 160 Å². The van der Waals surface area contributed by atoms with Crippen LogP contribution in [-0.2, 0) is 25.8 Å². The highest BCUT2D eigenvalue weighted by Crippen LogP contribution is 2.25. The lowest BCUT2D eigenvalue weighted by Gasteiger charge is -2.32. The molecule has 1 N–H and O–H groups in total. The fourth-order valence-electron chi connectivity index (χ4n) is 4.37. The molecule has 1 fully saturated rings. The molecule has 4 rings (SSSR count). The average molecular weight is 371 g/mol. The first-order valence-electron chi connectivity index (χ1n) is 10.5.